The number of hydrogen-bond donors (Lipinski definition) is 3. The molecule has 5 nitrogen and oxygen atoms in total. The number of hydrogen-bond acceptors (Lipinski definition) is 3. The molecule has 0 radical (unpaired) electrons. The van der Waals surface area contributed by atoms with Crippen LogP contribution in [-0.4, -0.2) is 22.5 Å². The van der Waals surface area contributed by atoms with Gasteiger partial charge in [-0.05, 0) is 36.5 Å². The Morgan fingerprint density at radius 3 is 2.42 bits per heavy atom. The van der Waals surface area contributed by atoms with Crippen LogP contribution in [0.1, 0.15) is 39.7 Å². The quantitative estimate of drug-likeness (QED) is 0.586. The lowest BCUT2D eigenvalue weighted by Crippen LogP contribution is -2.41. The molecule has 3 N–H and O–H groups in total. The van der Waals surface area contributed by atoms with Crippen molar-refractivity contribution in [2.24, 2.45) is 0 Å². The topological polar surface area (TPSA) is 78.4 Å². The largest absolute Gasteiger partial charge is 0.509 e. The van der Waals surface area contributed by atoms with Crippen LogP contribution >= 0.6 is 0 Å². The number of amides is 2. The third-order valence-corrected chi connectivity index (χ3v) is 4.16. The molecule has 1 aliphatic heterocycles. The standard InChI is InChI=1S/C19H24N2O3/c1-6-11-19(5)15(22)14(17(24)21-19)16(23)20-13-9-7-12(8-10-13)18(2,3)4/h6-10,22H,1,11H2,2-5H3,(H,20,23)(H,21,24). The van der Waals surface area contributed by atoms with Gasteiger partial charge in [-0.25, -0.2) is 0 Å². The molecule has 1 unspecified atom stereocenters. The number of carbonyl (C=O) groups is 2. The molecule has 1 aromatic carbocycles. The van der Waals surface area contributed by atoms with Crippen LogP contribution in [0.5, 0.6) is 0 Å². The number of benzene rings is 1. The van der Waals surface area contributed by atoms with Crippen LogP contribution < -0.4 is 10.6 Å². The van der Waals surface area contributed by atoms with E-state index in [-0.39, 0.29) is 16.7 Å². The molecule has 128 valence electrons. The Labute approximate surface area is 142 Å². The lowest BCUT2D eigenvalue weighted by molar-refractivity contribution is -0.121. The lowest BCUT2D eigenvalue weighted by atomic mass is 9.87. The molecule has 1 atom stereocenters. The van der Waals surface area contributed by atoms with Gasteiger partial charge in [-0.1, -0.05) is 39.0 Å². The fourth-order valence-corrected chi connectivity index (χ4v) is 2.65. The first-order valence-electron chi connectivity index (χ1n) is 7.87. The summed E-state index contributed by atoms with van der Waals surface area (Å²) in [5.74, 6) is -1.46. The highest BCUT2D eigenvalue weighted by molar-refractivity contribution is 6.24. The molecular formula is C19H24N2O3. The van der Waals surface area contributed by atoms with Gasteiger partial charge in [0.2, 0.25) is 0 Å². The molecule has 0 saturated heterocycles. The smallest absolute Gasteiger partial charge is 0.264 e. The van der Waals surface area contributed by atoms with E-state index in [1.165, 1.54) is 0 Å². The zero-order chi connectivity index (χ0) is 18.1. The molecule has 1 aromatic rings. The minimum Gasteiger partial charge on any atom is -0.509 e. The maximum atomic E-state index is 12.4. The van der Waals surface area contributed by atoms with Crippen LogP contribution in [0.25, 0.3) is 0 Å². The van der Waals surface area contributed by atoms with Crippen LogP contribution in [0.3, 0.4) is 0 Å². The van der Waals surface area contributed by atoms with E-state index < -0.39 is 17.4 Å². The number of anilines is 1. The summed E-state index contributed by atoms with van der Waals surface area (Å²) in [6.07, 6.45) is 1.92. The van der Waals surface area contributed by atoms with E-state index in [2.05, 4.69) is 38.0 Å². The summed E-state index contributed by atoms with van der Waals surface area (Å²) in [5, 5.41) is 15.6. The third-order valence-electron chi connectivity index (χ3n) is 4.16. The van der Waals surface area contributed by atoms with Crippen LogP contribution in [0.2, 0.25) is 0 Å². The Balaban J connectivity index is 2.22. The summed E-state index contributed by atoms with van der Waals surface area (Å²) < 4.78 is 0. The summed E-state index contributed by atoms with van der Waals surface area (Å²) in [6.45, 7) is 11.6. The lowest BCUT2D eigenvalue weighted by Gasteiger charge is -2.22. The molecular weight excluding hydrogens is 304 g/mol. The van der Waals surface area contributed by atoms with E-state index in [0.29, 0.717) is 12.1 Å². The number of nitrogens with one attached hydrogen (secondary N) is 2. The normalized spacial score (nSPS) is 20.8. The van der Waals surface area contributed by atoms with Crippen LogP contribution in [0.15, 0.2) is 48.3 Å². The van der Waals surface area contributed by atoms with E-state index in [9.17, 15) is 14.7 Å². The summed E-state index contributed by atoms with van der Waals surface area (Å²) in [7, 11) is 0. The zero-order valence-corrected chi connectivity index (χ0v) is 14.6. The van der Waals surface area contributed by atoms with Crippen molar-refractivity contribution < 1.29 is 14.7 Å². The molecule has 2 amide bonds. The summed E-state index contributed by atoms with van der Waals surface area (Å²) in [6, 6.07) is 7.43. The molecule has 0 aliphatic carbocycles. The molecule has 0 saturated carbocycles. The van der Waals surface area contributed by atoms with Crippen molar-refractivity contribution in [1.29, 1.82) is 0 Å². The Bertz CT molecular complexity index is 711. The van der Waals surface area contributed by atoms with E-state index in [1.807, 2.05) is 12.1 Å². The van der Waals surface area contributed by atoms with Crippen molar-refractivity contribution in [1.82, 2.24) is 5.32 Å². The first-order valence-corrected chi connectivity index (χ1v) is 7.87. The van der Waals surface area contributed by atoms with E-state index >= 15 is 0 Å². The Morgan fingerprint density at radius 2 is 1.92 bits per heavy atom. The molecule has 0 aromatic heterocycles. The second kappa shape index (κ2) is 6.15. The predicted molar refractivity (Wildman–Crippen MR) is 94.8 cm³/mol. The van der Waals surface area contributed by atoms with Gasteiger partial charge < -0.3 is 15.7 Å². The summed E-state index contributed by atoms with van der Waals surface area (Å²) >= 11 is 0. The highest BCUT2D eigenvalue weighted by Crippen LogP contribution is 2.29. The zero-order valence-electron chi connectivity index (χ0n) is 14.6. The average Bonchev–Trinajstić information content (AvgIpc) is 2.68. The average molecular weight is 328 g/mol. The summed E-state index contributed by atoms with van der Waals surface area (Å²) in [5.41, 5.74) is 0.486. The van der Waals surface area contributed by atoms with Gasteiger partial charge in [0.25, 0.3) is 11.8 Å². The fourth-order valence-electron chi connectivity index (χ4n) is 2.65. The SMILES string of the molecule is C=CCC1(C)NC(=O)C(C(=O)Nc2ccc(C(C)(C)C)cc2)=C1O. The van der Waals surface area contributed by atoms with Crippen molar-refractivity contribution in [3.05, 3.63) is 53.8 Å². The van der Waals surface area contributed by atoms with Gasteiger partial charge in [0, 0.05) is 5.69 Å². The predicted octanol–water partition coefficient (Wildman–Crippen LogP) is 3.20. The van der Waals surface area contributed by atoms with Crippen molar-refractivity contribution in [3.63, 3.8) is 0 Å². The first-order chi connectivity index (χ1) is 11.1. The van der Waals surface area contributed by atoms with Crippen molar-refractivity contribution in [3.8, 4) is 0 Å². The monoisotopic (exact) mass is 328 g/mol. The highest BCUT2D eigenvalue weighted by Gasteiger charge is 2.43. The molecule has 1 aliphatic rings. The molecule has 24 heavy (non-hydrogen) atoms. The van der Waals surface area contributed by atoms with Crippen LogP contribution in [-0.2, 0) is 15.0 Å². The molecule has 2 rings (SSSR count). The number of carbonyl (C=O) groups excluding carboxylic acids is 2. The molecule has 0 spiro atoms. The van der Waals surface area contributed by atoms with Crippen molar-refractivity contribution in [2.45, 2.75) is 45.1 Å². The maximum absolute atomic E-state index is 12.4. The third kappa shape index (κ3) is 3.35. The minimum atomic E-state index is -0.985. The molecule has 0 fully saturated rings. The van der Waals surface area contributed by atoms with Gasteiger partial charge >= 0.3 is 0 Å². The van der Waals surface area contributed by atoms with Gasteiger partial charge in [0.05, 0.1) is 5.54 Å². The van der Waals surface area contributed by atoms with Gasteiger partial charge in [-0.3, -0.25) is 9.59 Å². The van der Waals surface area contributed by atoms with Gasteiger partial charge in [-0.15, -0.1) is 6.58 Å². The fraction of sp³-hybridized carbons (Fsp3) is 0.368. The Kier molecular flexibility index (Phi) is 4.56. The van der Waals surface area contributed by atoms with Crippen molar-refractivity contribution in [2.75, 3.05) is 5.32 Å². The van der Waals surface area contributed by atoms with E-state index in [4.69, 9.17) is 0 Å². The van der Waals surface area contributed by atoms with E-state index in [1.54, 1.807) is 25.1 Å². The van der Waals surface area contributed by atoms with Crippen LogP contribution in [0, 0.1) is 0 Å². The van der Waals surface area contributed by atoms with Gasteiger partial charge in [0.1, 0.15) is 11.3 Å². The number of aliphatic hydroxyl groups is 1. The Hall–Kier alpha value is -2.56. The highest BCUT2D eigenvalue weighted by atomic mass is 16.3. The second-order valence-corrected chi connectivity index (χ2v) is 7.28. The maximum Gasteiger partial charge on any atom is 0.264 e. The van der Waals surface area contributed by atoms with E-state index in [0.717, 1.165) is 5.56 Å². The summed E-state index contributed by atoms with van der Waals surface area (Å²) in [4.78, 5) is 24.5. The number of rotatable bonds is 4. The molecule has 1 heterocycles. The number of aliphatic hydroxyl groups excluding tert-OH is 1. The second-order valence-electron chi connectivity index (χ2n) is 7.28. The molecule has 0 bridgehead atoms. The molecule has 5 heteroatoms. The van der Waals surface area contributed by atoms with Gasteiger partial charge in [0.15, 0.2) is 0 Å². The minimum absolute atomic E-state index is 0.0151. The van der Waals surface area contributed by atoms with Crippen LogP contribution in [0.4, 0.5) is 5.69 Å². The Morgan fingerprint density at radius 1 is 1.33 bits per heavy atom. The first kappa shape index (κ1) is 17.8. The van der Waals surface area contributed by atoms with Crippen molar-refractivity contribution >= 4 is 17.5 Å². The van der Waals surface area contributed by atoms with Gasteiger partial charge in [-0.2, -0.15) is 0 Å².